The quantitative estimate of drug-likeness (QED) is 0.152. The van der Waals surface area contributed by atoms with Crippen LogP contribution in [-0.4, -0.2) is 0 Å². The summed E-state index contributed by atoms with van der Waals surface area (Å²) >= 11 is -2.93. The van der Waals surface area contributed by atoms with E-state index < -0.39 is 20.3 Å². The first kappa shape index (κ1) is 39.0. The van der Waals surface area contributed by atoms with E-state index in [1.165, 1.54) is 72.0 Å². The molecule has 2 unspecified atom stereocenters. The molecule has 0 saturated carbocycles. The van der Waals surface area contributed by atoms with Crippen LogP contribution < -0.4 is 24.8 Å². The summed E-state index contributed by atoms with van der Waals surface area (Å²) in [6, 6.07) is 33.6. The maximum Gasteiger partial charge on any atom is -1.00 e. The van der Waals surface area contributed by atoms with E-state index in [2.05, 4.69) is 152 Å². The van der Waals surface area contributed by atoms with Gasteiger partial charge in [-0.15, -0.1) is 0 Å². The number of fused-ring (bicyclic) bond motifs is 2. The Bertz CT molecular complexity index is 1720. The summed E-state index contributed by atoms with van der Waals surface area (Å²) in [7, 11) is 0. The van der Waals surface area contributed by atoms with Crippen molar-refractivity contribution >= 4 is 12.2 Å². The summed E-state index contributed by atoms with van der Waals surface area (Å²) in [6.07, 6.45) is 9.24. The van der Waals surface area contributed by atoms with Crippen molar-refractivity contribution in [3.8, 4) is 22.3 Å². The van der Waals surface area contributed by atoms with Crippen molar-refractivity contribution in [1.82, 2.24) is 0 Å². The summed E-state index contributed by atoms with van der Waals surface area (Å²) in [5.41, 5.74) is 18.4. The Kier molecular flexibility index (Phi) is 12.4. The molecule has 1 saturated heterocycles. The number of hydrogen-bond donors (Lipinski definition) is 0. The smallest absolute Gasteiger partial charge is 1.00 e. The van der Waals surface area contributed by atoms with Crippen molar-refractivity contribution in [2.45, 2.75) is 102 Å². The summed E-state index contributed by atoms with van der Waals surface area (Å²) in [6.45, 7) is 18.9. The molecule has 4 aromatic carbocycles. The van der Waals surface area contributed by atoms with Crippen LogP contribution in [0, 0.1) is 11.8 Å². The van der Waals surface area contributed by atoms with Gasteiger partial charge in [-0.1, -0.05) is 0 Å². The Morgan fingerprint density at radius 1 is 0.520 bits per heavy atom. The topological polar surface area (TPSA) is 0 Å². The van der Waals surface area contributed by atoms with Gasteiger partial charge in [-0.3, -0.25) is 0 Å². The third kappa shape index (κ3) is 7.11. The number of rotatable bonds is 10. The number of halogens is 2. The van der Waals surface area contributed by atoms with Crippen molar-refractivity contribution in [2.24, 2.45) is 11.8 Å². The first-order valence-electron chi connectivity index (χ1n) is 18.9. The minimum Gasteiger partial charge on any atom is -1.00 e. The molecule has 4 aromatic rings. The molecule has 0 nitrogen and oxygen atoms in total. The zero-order valence-corrected chi connectivity index (χ0v) is 35.5. The van der Waals surface area contributed by atoms with Gasteiger partial charge in [-0.05, 0) is 0 Å². The predicted molar refractivity (Wildman–Crippen MR) is 207 cm³/mol. The van der Waals surface area contributed by atoms with Crippen LogP contribution in [0.25, 0.3) is 34.4 Å². The molecule has 0 N–H and O–H groups in total. The molecule has 1 heterocycles. The van der Waals surface area contributed by atoms with E-state index in [-0.39, 0.29) is 24.8 Å². The van der Waals surface area contributed by atoms with Gasteiger partial charge in [0.05, 0.1) is 0 Å². The van der Waals surface area contributed by atoms with Crippen LogP contribution in [0.4, 0.5) is 0 Å². The van der Waals surface area contributed by atoms with Crippen LogP contribution in [0.3, 0.4) is 0 Å². The van der Waals surface area contributed by atoms with Crippen molar-refractivity contribution in [3.05, 3.63) is 129 Å². The molecule has 2 aliphatic carbocycles. The maximum atomic E-state index is 2.69. The second-order valence-corrected chi connectivity index (χ2v) is 28.1. The molecule has 262 valence electrons. The van der Waals surface area contributed by atoms with Crippen molar-refractivity contribution in [1.29, 1.82) is 0 Å². The number of benzene rings is 4. The Morgan fingerprint density at radius 3 is 1.20 bits per heavy atom. The molecule has 7 rings (SSSR count). The fourth-order valence-corrected chi connectivity index (χ4v) is 24.9. The van der Waals surface area contributed by atoms with E-state index in [1.54, 1.807) is 22.3 Å². The Labute approximate surface area is 320 Å². The molecule has 0 spiro atoms. The summed E-state index contributed by atoms with van der Waals surface area (Å²) in [5, 5.41) is 0. The first-order valence-corrected chi connectivity index (χ1v) is 25.3. The van der Waals surface area contributed by atoms with Gasteiger partial charge in [0.15, 0.2) is 0 Å². The average molecular weight is 783 g/mol. The van der Waals surface area contributed by atoms with E-state index in [1.807, 2.05) is 0 Å². The molecule has 0 radical (unpaired) electrons. The summed E-state index contributed by atoms with van der Waals surface area (Å²) < 4.78 is 4.35. The number of hydrogen-bond acceptors (Lipinski definition) is 0. The van der Waals surface area contributed by atoms with Crippen molar-refractivity contribution < 1.29 is 45.1 Å². The molecule has 1 fully saturated rings. The predicted octanol–water partition coefficient (Wildman–Crippen LogP) is 8.34. The first-order chi connectivity index (χ1) is 23.1. The second kappa shape index (κ2) is 15.8. The normalized spacial score (nSPS) is 18.1. The van der Waals surface area contributed by atoms with Gasteiger partial charge in [-0.2, -0.15) is 0 Å². The zero-order valence-electron chi connectivity index (χ0n) is 31.5. The van der Waals surface area contributed by atoms with Gasteiger partial charge in [0.1, 0.15) is 0 Å². The molecule has 3 aliphatic rings. The van der Waals surface area contributed by atoms with Crippen LogP contribution in [0.2, 0.25) is 8.26 Å². The van der Waals surface area contributed by atoms with Gasteiger partial charge in [0.2, 0.25) is 0 Å². The van der Waals surface area contributed by atoms with Gasteiger partial charge < -0.3 is 24.8 Å². The minimum absolute atomic E-state index is 0. The van der Waals surface area contributed by atoms with Gasteiger partial charge in [0.25, 0.3) is 0 Å². The van der Waals surface area contributed by atoms with Crippen molar-refractivity contribution in [2.75, 3.05) is 0 Å². The molecule has 1 aliphatic heterocycles. The molecule has 0 bridgehead atoms. The summed E-state index contributed by atoms with van der Waals surface area (Å²) in [4.78, 5) is 0. The van der Waals surface area contributed by atoms with Crippen molar-refractivity contribution in [3.63, 3.8) is 0 Å². The zero-order chi connectivity index (χ0) is 33.7. The van der Waals surface area contributed by atoms with Crippen LogP contribution in [-0.2, 0) is 20.3 Å². The molecular formula is C47H56Cl2Zr. The molecule has 3 heteroatoms. The fraction of sp³-hybridized carbons (Fsp3) is 0.404. The summed E-state index contributed by atoms with van der Waals surface area (Å²) in [5.74, 6) is 2.43. The Hall–Kier alpha value is -2.18. The SMILES string of the molecule is CC(C)CC1=Cc2c(-c3ccc(C(C)C)cc3)cccc2[CH]1[Zr+2]1([CH]2C(CC(C)C)=Cc3c(-c4ccc(C(C)C)cc4)cccc32)[CH2]C[CH2]1.[Cl-].[Cl-]. The Balaban J connectivity index is 0.00000243. The van der Waals surface area contributed by atoms with E-state index in [0.29, 0.717) is 30.9 Å². The Morgan fingerprint density at radius 2 is 0.900 bits per heavy atom. The van der Waals surface area contributed by atoms with E-state index in [4.69, 9.17) is 0 Å². The average Bonchev–Trinajstić information content (AvgIpc) is 3.58. The third-order valence-electron chi connectivity index (χ3n) is 11.8. The fourth-order valence-electron chi connectivity index (χ4n) is 9.51. The van der Waals surface area contributed by atoms with Crippen LogP contribution >= 0.6 is 0 Å². The van der Waals surface area contributed by atoms with Crippen LogP contribution in [0.5, 0.6) is 0 Å². The van der Waals surface area contributed by atoms with E-state index in [9.17, 15) is 0 Å². The third-order valence-corrected chi connectivity index (χ3v) is 27.1. The molecule has 50 heavy (non-hydrogen) atoms. The van der Waals surface area contributed by atoms with Gasteiger partial charge in [-0.25, -0.2) is 0 Å². The van der Waals surface area contributed by atoms with Gasteiger partial charge in [0, 0.05) is 0 Å². The van der Waals surface area contributed by atoms with Crippen LogP contribution in [0.1, 0.15) is 127 Å². The minimum atomic E-state index is -2.93. The van der Waals surface area contributed by atoms with Gasteiger partial charge >= 0.3 is 298 Å². The van der Waals surface area contributed by atoms with Crippen LogP contribution in [0.15, 0.2) is 96.1 Å². The largest absolute Gasteiger partial charge is 1.00 e. The van der Waals surface area contributed by atoms with E-state index >= 15 is 0 Å². The standard InChI is InChI=1S/2C22H25.C3H6.2ClH.Zr/c2*1-15(2)12-17-13-20-6-5-7-21(22(20)14-17)19-10-8-18(9-11-19)16(3)4;1-3-2;;;/h2*5-11,13-16H,12H2,1-4H3;1-3H2;2*1H;/q;;;;;+2/p-2. The number of allylic oxidation sites excluding steroid dienone is 2. The molecule has 2 atom stereocenters. The molecule has 0 aromatic heterocycles. The molecule has 0 amide bonds. The second-order valence-electron chi connectivity index (χ2n) is 16.8. The monoisotopic (exact) mass is 780 g/mol. The maximum absolute atomic E-state index is 2.93. The molecular weight excluding hydrogens is 727 g/mol. The van der Waals surface area contributed by atoms with E-state index in [0.717, 1.165) is 0 Å².